The normalized spacial score (nSPS) is 11.1. The van der Waals surface area contributed by atoms with E-state index < -0.39 is 10.0 Å². The maximum Gasteiger partial charge on any atom is 0.232 e. The van der Waals surface area contributed by atoms with Crippen molar-refractivity contribution in [2.45, 2.75) is 33.2 Å². The van der Waals surface area contributed by atoms with Crippen LogP contribution in [0.2, 0.25) is 0 Å². The summed E-state index contributed by atoms with van der Waals surface area (Å²) >= 11 is 0. The summed E-state index contributed by atoms with van der Waals surface area (Å²) in [6.45, 7) is 5.15. The van der Waals surface area contributed by atoms with E-state index in [2.05, 4.69) is 5.32 Å². The SMILES string of the molecule is CCOc1ccc(N(CCCC(=O)NCc2ccccc2C)S(C)(=O)=O)cc1. The molecule has 0 aliphatic rings. The van der Waals surface area contributed by atoms with Crippen molar-refractivity contribution in [1.82, 2.24) is 5.32 Å². The van der Waals surface area contributed by atoms with Crippen LogP contribution in [0.3, 0.4) is 0 Å². The maximum absolute atomic E-state index is 12.2. The van der Waals surface area contributed by atoms with Crippen molar-refractivity contribution < 1.29 is 17.9 Å². The molecule has 0 saturated carbocycles. The number of nitrogens with zero attached hydrogens (tertiary/aromatic N) is 1. The predicted molar refractivity (Wildman–Crippen MR) is 112 cm³/mol. The molecule has 2 aromatic carbocycles. The zero-order valence-corrected chi connectivity index (χ0v) is 17.5. The molecule has 0 aliphatic carbocycles. The van der Waals surface area contributed by atoms with Gasteiger partial charge in [-0.1, -0.05) is 24.3 Å². The van der Waals surface area contributed by atoms with E-state index in [1.54, 1.807) is 24.3 Å². The summed E-state index contributed by atoms with van der Waals surface area (Å²) in [4.78, 5) is 12.1. The topological polar surface area (TPSA) is 75.7 Å². The molecular weight excluding hydrogens is 376 g/mol. The average molecular weight is 405 g/mol. The zero-order valence-electron chi connectivity index (χ0n) is 16.6. The fourth-order valence-corrected chi connectivity index (χ4v) is 3.80. The van der Waals surface area contributed by atoms with Crippen LogP contribution >= 0.6 is 0 Å². The molecule has 0 aromatic heterocycles. The van der Waals surface area contributed by atoms with Crippen LogP contribution < -0.4 is 14.4 Å². The molecule has 0 radical (unpaired) electrons. The Hall–Kier alpha value is -2.54. The van der Waals surface area contributed by atoms with E-state index in [9.17, 15) is 13.2 Å². The molecule has 1 amide bonds. The van der Waals surface area contributed by atoms with E-state index in [4.69, 9.17) is 4.74 Å². The van der Waals surface area contributed by atoms with Gasteiger partial charge in [0, 0.05) is 19.5 Å². The van der Waals surface area contributed by atoms with Gasteiger partial charge in [0.1, 0.15) is 5.75 Å². The Labute approximate surface area is 167 Å². The lowest BCUT2D eigenvalue weighted by Crippen LogP contribution is -2.32. The van der Waals surface area contributed by atoms with Crippen LogP contribution in [0.4, 0.5) is 5.69 Å². The van der Waals surface area contributed by atoms with Gasteiger partial charge in [-0.25, -0.2) is 8.42 Å². The molecule has 0 aliphatic heterocycles. The van der Waals surface area contributed by atoms with Crippen LogP contribution in [0.25, 0.3) is 0 Å². The molecule has 0 fully saturated rings. The number of carbonyl (C=O) groups is 1. The molecule has 2 rings (SSSR count). The Balaban J connectivity index is 1.89. The second-order valence-corrected chi connectivity index (χ2v) is 8.48. The minimum atomic E-state index is -3.44. The lowest BCUT2D eigenvalue weighted by Gasteiger charge is -2.22. The summed E-state index contributed by atoms with van der Waals surface area (Å²) in [7, 11) is -3.44. The van der Waals surface area contributed by atoms with E-state index >= 15 is 0 Å². The lowest BCUT2D eigenvalue weighted by molar-refractivity contribution is -0.121. The van der Waals surface area contributed by atoms with Gasteiger partial charge in [0.15, 0.2) is 0 Å². The number of amides is 1. The highest BCUT2D eigenvalue weighted by Gasteiger charge is 2.17. The monoisotopic (exact) mass is 404 g/mol. The Kier molecular flexibility index (Phi) is 7.87. The van der Waals surface area contributed by atoms with Crippen LogP contribution in [-0.4, -0.2) is 33.7 Å². The Morgan fingerprint density at radius 1 is 1.11 bits per heavy atom. The largest absolute Gasteiger partial charge is 0.494 e. The first-order chi connectivity index (χ1) is 13.3. The number of carbonyl (C=O) groups excluding carboxylic acids is 1. The molecule has 0 heterocycles. The van der Waals surface area contributed by atoms with Crippen LogP contribution in [0.1, 0.15) is 30.9 Å². The molecule has 152 valence electrons. The summed E-state index contributed by atoms with van der Waals surface area (Å²) in [5, 5.41) is 2.89. The van der Waals surface area contributed by atoms with Crippen molar-refractivity contribution in [1.29, 1.82) is 0 Å². The molecule has 28 heavy (non-hydrogen) atoms. The number of hydrogen-bond acceptors (Lipinski definition) is 4. The van der Waals surface area contributed by atoms with Crippen LogP contribution in [0, 0.1) is 6.92 Å². The van der Waals surface area contributed by atoms with Gasteiger partial charge in [-0.05, 0) is 55.7 Å². The lowest BCUT2D eigenvalue weighted by atomic mass is 10.1. The average Bonchev–Trinajstić information content (AvgIpc) is 2.65. The van der Waals surface area contributed by atoms with Gasteiger partial charge < -0.3 is 10.1 Å². The van der Waals surface area contributed by atoms with Crippen molar-refractivity contribution >= 4 is 21.6 Å². The van der Waals surface area contributed by atoms with Gasteiger partial charge in [0.2, 0.25) is 15.9 Å². The molecule has 1 N–H and O–H groups in total. The number of benzene rings is 2. The van der Waals surface area contributed by atoms with Crippen LogP contribution in [0.5, 0.6) is 5.75 Å². The highest BCUT2D eigenvalue weighted by atomic mass is 32.2. The van der Waals surface area contributed by atoms with Crippen molar-refractivity contribution in [3.63, 3.8) is 0 Å². The van der Waals surface area contributed by atoms with E-state index in [1.165, 1.54) is 10.6 Å². The summed E-state index contributed by atoms with van der Waals surface area (Å²) in [5.74, 6) is 0.596. The second-order valence-electron chi connectivity index (χ2n) is 6.57. The van der Waals surface area contributed by atoms with Crippen molar-refractivity contribution in [2.24, 2.45) is 0 Å². The van der Waals surface area contributed by atoms with Gasteiger partial charge in [-0.15, -0.1) is 0 Å². The smallest absolute Gasteiger partial charge is 0.232 e. The third-order valence-corrected chi connectivity index (χ3v) is 5.53. The molecule has 0 unspecified atom stereocenters. The molecular formula is C21H28N2O4S. The maximum atomic E-state index is 12.2. The van der Waals surface area contributed by atoms with E-state index in [-0.39, 0.29) is 18.9 Å². The second kappa shape index (κ2) is 10.1. The number of rotatable bonds is 10. The quantitative estimate of drug-likeness (QED) is 0.659. The first-order valence-corrected chi connectivity index (χ1v) is 11.2. The van der Waals surface area contributed by atoms with E-state index in [0.717, 1.165) is 11.1 Å². The number of sulfonamides is 1. The zero-order chi connectivity index (χ0) is 20.6. The van der Waals surface area contributed by atoms with Gasteiger partial charge in [-0.3, -0.25) is 9.10 Å². The third kappa shape index (κ3) is 6.56. The summed E-state index contributed by atoms with van der Waals surface area (Å²) < 4.78 is 31.0. The number of hydrogen-bond donors (Lipinski definition) is 1. The van der Waals surface area contributed by atoms with Gasteiger partial charge in [0.25, 0.3) is 0 Å². The Bertz CT molecular complexity index is 880. The molecule has 6 nitrogen and oxygen atoms in total. The standard InChI is InChI=1S/C21H28N2O4S/c1-4-27-20-13-11-19(12-14-20)23(28(3,25)26)15-7-10-21(24)22-16-18-9-6-5-8-17(18)2/h5-6,8-9,11-14H,4,7,10,15-16H2,1-3H3,(H,22,24). The van der Waals surface area contributed by atoms with Crippen molar-refractivity contribution in [3.05, 3.63) is 59.7 Å². The van der Waals surface area contributed by atoms with Crippen molar-refractivity contribution in [3.8, 4) is 5.75 Å². The van der Waals surface area contributed by atoms with Crippen LogP contribution in [0.15, 0.2) is 48.5 Å². The summed E-state index contributed by atoms with van der Waals surface area (Å²) in [5.41, 5.74) is 2.76. The highest BCUT2D eigenvalue weighted by molar-refractivity contribution is 7.92. The minimum Gasteiger partial charge on any atom is -0.494 e. The molecule has 0 atom stereocenters. The number of nitrogens with one attached hydrogen (secondary N) is 1. The molecule has 0 bridgehead atoms. The fraction of sp³-hybridized carbons (Fsp3) is 0.381. The number of aryl methyl sites for hydroxylation is 1. The Morgan fingerprint density at radius 3 is 2.39 bits per heavy atom. The molecule has 7 heteroatoms. The van der Waals surface area contributed by atoms with E-state index in [1.807, 2.05) is 38.1 Å². The van der Waals surface area contributed by atoms with Gasteiger partial charge in [0.05, 0.1) is 18.6 Å². The molecule has 0 saturated heterocycles. The number of ether oxygens (including phenoxy) is 1. The highest BCUT2D eigenvalue weighted by Crippen LogP contribution is 2.22. The Morgan fingerprint density at radius 2 is 1.79 bits per heavy atom. The first kappa shape index (κ1) is 21.8. The van der Waals surface area contributed by atoms with Crippen LogP contribution in [-0.2, 0) is 21.4 Å². The third-order valence-electron chi connectivity index (χ3n) is 4.34. The van der Waals surface area contributed by atoms with Gasteiger partial charge in [-0.2, -0.15) is 0 Å². The summed E-state index contributed by atoms with van der Waals surface area (Å²) in [6, 6.07) is 14.8. The number of anilines is 1. The van der Waals surface area contributed by atoms with Crippen molar-refractivity contribution in [2.75, 3.05) is 23.7 Å². The fourth-order valence-electron chi connectivity index (χ4n) is 2.84. The predicted octanol–water partition coefficient (Wildman–Crippen LogP) is 3.26. The first-order valence-electron chi connectivity index (χ1n) is 9.33. The minimum absolute atomic E-state index is 0.0941. The summed E-state index contributed by atoms with van der Waals surface area (Å²) in [6.07, 6.45) is 1.86. The van der Waals surface area contributed by atoms with Gasteiger partial charge >= 0.3 is 0 Å². The molecule has 2 aromatic rings. The molecule has 0 spiro atoms. The van der Waals surface area contributed by atoms with E-state index in [0.29, 0.717) is 31.0 Å².